The zero-order valence-corrected chi connectivity index (χ0v) is 13.6. The average molecular weight is 296 g/mol. The van der Waals surface area contributed by atoms with Gasteiger partial charge >= 0.3 is 5.97 Å². The van der Waals surface area contributed by atoms with Crippen molar-refractivity contribution in [3.05, 3.63) is 0 Å². The van der Waals surface area contributed by atoms with Gasteiger partial charge in [-0.3, -0.25) is 9.59 Å². The molecule has 0 radical (unpaired) electrons. The van der Waals surface area contributed by atoms with Crippen LogP contribution in [0.3, 0.4) is 0 Å². The fraction of sp³-hybridized carbons (Fsp3) is 0.875. The van der Waals surface area contributed by atoms with Crippen LogP contribution in [0.15, 0.2) is 0 Å². The molecule has 0 aromatic heterocycles. The lowest BCUT2D eigenvalue weighted by molar-refractivity contribution is -0.143. The van der Waals surface area contributed by atoms with Crippen LogP contribution in [0.4, 0.5) is 0 Å². The predicted octanol–water partition coefficient (Wildman–Crippen LogP) is 1.56. The molecule has 4 atom stereocenters. The Labute approximate surface area is 127 Å². The van der Waals surface area contributed by atoms with E-state index in [-0.39, 0.29) is 29.9 Å². The molecule has 1 amide bonds. The number of esters is 1. The summed E-state index contributed by atoms with van der Waals surface area (Å²) in [6.07, 6.45) is 2.68. The van der Waals surface area contributed by atoms with E-state index in [1.165, 1.54) is 0 Å². The number of amides is 1. The van der Waals surface area contributed by atoms with Crippen molar-refractivity contribution in [1.29, 1.82) is 0 Å². The summed E-state index contributed by atoms with van der Waals surface area (Å²) < 4.78 is 5.21. The highest BCUT2D eigenvalue weighted by atomic mass is 16.6. The third-order valence-electron chi connectivity index (χ3n) is 4.65. The number of piperidine rings is 1. The summed E-state index contributed by atoms with van der Waals surface area (Å²) in [7, 11) is 0. The van der Waals surface area contributed by atoms with Gasteiger partial charge in [-0.15, -0.1) is 0 Å². The second-order valence-electron chi connectivity index (χ2n) is 6.70. The number of hydrogen-bond donors (Lipinski definition) is 1. The molecule has 5 nitrogen and oxygen atoms in total. The average Bonchev–Trinajstić information content (AvgIpc) is 2.76. The third kappa shape index (κ3) is 3.76. The van der Waals surface area contributed by atoms with Crippen molar-refractivity contribution in [2.45, 2.75) is 65.1 Å². The van der Waals surface area contributed by atoms with Gasteiger partial charge in [0.25, 0.3) is 0 Å². The van der Waals surface area contributed by atoms with Gasteiger partial charge in [0.2, 0.25) is 5.91 Å². The molecule has 0 aliphatic carbocycles. The number of cyclic esters (lactones) is 1. The summed E-state index contributed by atoms with van der Waals surface area (Å²) >= 11 is 0. The maximum atomic E-state index is 12.1. The minimum absolute atomic E-state index is 0.0117. The van der Waals surface area contributed by atoms with Gasteiger partial charge in [0.15, 0.2) is 0 Å². The fourth-order valence-corrected chi connectivity index (χ4v) is 3.38. The topological polar surface area (TPSA) is 58.6 Å². The summed E-state index contributed by atoms with van der Waals surface area (Å²) in [5.41, 5.74) is 0. The van der Waals surface area contributed by atoms with Crippen molar-refractivity contribution in [2.24, 2.45) is 11.8 Å². The van der Waals surface area contributed by atoms with E-state index in [0.29, 0.717) is 12.0 Å². The maximum Gasteiger partial charge on any atom is 0.323 e. The van der Waals surface area contributed by atoms with Crippen LogP contribution in [0.2, 0.25) is 0 Å². The highest BCUT2D eigenvalue weighted by Gasteiger charge is 2.37. The molecule has 0 aromatic carbocycles. The van der Waals surface area contributed by atoms with Gasteiger partial charge in [-0.05, 0) is 19.3 Å². The SMILES string of the molecule is CCC1CN(C(=O)C(C)C)CCC1NC1CC(C)OC1=O. The lowest BCUT2D eigenvalue weighted by Crippen LogP contribution is -2.54. The van der Waals surface area contributed by atoms with Gasteiger partial charge in [-0.2, -0.15) is 0 Å². The van der Waals surface area contributed by atoms with Gasteiger partial charge in [-0.25, -0.2) is 0 Å². The van der Waals surface area contributed by atoms with Gasteiger partial charge in [0.1, 0.15) is 12.1 Å². The first kappa shape index (κ1) is 16.3. The van der Waals surface area contributed by atoms with E-state index in [0.717, 1.165) is 32.4 Å². The summed E-state index contributed by atoms with van der Waals surface area (Å²) in [6, 6.07) is 0.125. The maximum absolute atomic E-state index is 12.1. The monoisotopic (exact) mass is 296 g/mol. The number of hydrogen-bond acceptors (Lipinski definition) is 4. The van der Waals surface area contributed by atoms with Crippen molar-refractivity contribution in [3.63, 3.8) is 0 Å². The summed E-state index contributed by atoms with van der Waals surface area (Å²) in [6.45, 7) is 9.55. The largest absolute Gasteiger partial charge is 0.461 e. The van der Waals surface area contributed by atoms with Crippen LogP contribution in [-0.2, 0) is 14.3 Å². The van der Waals surface area contributed by atoms with Crippen molar-refractivity contribution in [3.8, 4) is 0 Å². The normalized spacial score (nSPS) is 33.4. The van der Waals surface area contributed by atoms with Crippen LogP contribution in [0.25, 0.3) is 0 Å². The van der Waals surface area contributed by atoms with E-state index >= 15 is 0 Å². The minimum Gasteiger partial charge on any atom is -0.461 e. The number of nitrogens with zero attached hydrogens (tertiary/aromatic N) is 1. The second-order valence-corrected chi connectivity index (χ2v) is 6.70. The molecule has 0 spiro atoms. The van der Waals surface area contributed by atoms with Crippen LogP contribution in [0, 0.1) is 11.8 Å². The van der Waals surface area contributed by atoms with Gasteiger partial charge in [0, 0.05) is 31.5 Å². The van der Waals surface area contributed by atoms with Crippen LogP contribution in [-0.4, -0.2) is 48.1 Å². The van der Waals surface area contributed by atoms with E-state index < -0.39 is 0 Å². The molecule has 5 heteroatoms. The molecule has 21 heavy (non-hydrogen) atoms. The molecular weight excluding hydrogens is 268 g/mol. The van der Waals surface area contributed by atoms with E-state index in [1.807, 2.05) is 25.7 Å². The number of rotatable bonds is 4. The van der Waals surface area contributed by atoms with Gasteiger partial charge < -0.3 is 15.0 Å². The molecule has 0 bridgehead atoms. The first-order valence-corrected chi connectivity index (χ1v) is 8.17. The van der Waals surface area contributed by atoms with Gasteiger partial charge in [-0.1, -0.05) is 27.2 Å². The lowest BCUT2D eigenvalue weighted by atomic mass is 9.88. The Kier molecular flexibility index (Phi) is 5.25. The quantitative estimate of drug-likeness (QED) is 0.800. The molecule has 2 aliphatic rings. The first-order chi connectivity index (χ1) is 9.92. The van der Waals surface area contributed by atoms with E-state index in [2.05, 4.69) is 12.2 Å². The van der Waals surface area contributed by atoms with E-state index in [1.54, 1.807) is 0 Å². The number of likely N-dealkylation sites (tertiary alicyclic amines) is 1. The van der Waals surface area contributed by atoms with Crippen LogP contribution in [0.1, 0.15) is 47.0 Å². The Balaban J connectivity index is 1.93. The van der Waals surface area contributed by atoms with Crippen molar-refractivity contribution >= 4 is 11.9 Å². The van der Waals surface area contributed by atoms with Crippen LogP contribution < -0.4 is 5.32 Å². The molecule has 120 valence electrons. The molecule has 2 saturated heterocycles. The highest BCUT2D eigenvalue weighted by Crippen LogP contribution is 2.24. The molecule has 2 rings (SSSR count). The Morgan fingerprint density at radius 3 is 2.71 bits per heavy atom. The fourth-order valence-electron chi connectivity index (χ4n) is 3.38. The zero-order chi connectivity index (χ0) is 15.6. The minimum atomic E-state index is -0.175. The van der Waals surface area contributed by atoms with Crippen molar-refractivity contribution in [1.82, 2.24) is 10.2 Å². The molecule has 2 aliphatic heterocycles. The predicted molar refractivity (Wildman–Crippen MR) is 80.7 cm³/mol. The zero-order valence-electron chi connectivity index (χ0n) is 13.6. The summed E-state index contributed by atoms with van der Waals surface area (Å²) in [5, 5.41) is 3.48. The Morgan fingerprint density at radius 2 is 2.19 bits per heavy atom. The molecule has 1 N–H and O–H groups in total. The molecule has 2 heterocycles. The first-order valence-electron chi connectivity index (χ1n) is 8.17. The number of ether oxygens (including phenoxy) is 1. The Bertz CT molecular complexity index is 397. The number of nitrogens with one attached hydrogen (secondary N) is 1. The van der Waals surface area contributed by atoms with Crippen molar-refractivity contribution in [2.75, 3.05) is 13.1 Å². The highest BCUT2D eigenvalue weighted by molar-refractivity contribution is 5.78. The Hall–Kier alpha value is -1.10. The van der Waals surface area contributed by atoms with Crippen LogP contribution in [0.5, 0.6) is 0 Å². The Morgan fingerprint density at radius 1 is 1.48 bits per heavy atom. The molecule has 0 aromatic rings. The molecule has 2 fully saturated rings. The molecule has 0 saturated carbocycles. The smallest absolute Gasteiger partial charge is 0.323 e. The van der Waals surface area contributed by atoms with E-state index in [4.69, 9.17) is 4.74 Å². The summed E-state index contributed by atoms with van der Waals surface area (Å²) in [5.74, 6) is 0.571. The molecule has 4 unspecified atom stereocenters. The van der Waals surface area contributed by atoms with Crippen LogP contribution >= 0.6 is 0 Å². The lowest BCUT2D eigenvalue weighted by Gasteiger charge is -2.40. The van der Waals surface area contributed by atoms with Gasteiger partial charge in [0.05, 0.1) is 0 Å². The summed E-state index contributed by atoms with van der Waals surface area (Å²) in [4.78, 5) is 25.9. The van der Waals surface area contributed by atoms with E-state index in [9.17, 15) is 9.59 Å². The second kappa shape index (κ2) is 6.77. The molecular formula is C16H28N2O3. The number of carbonyl (C=O) groups is 2. The third-order valence-corrected chi connectivity index (χ3v) is 4.65. The number of carbonyl (C=O) groups excluding carboxylic acids is 2. The standard InChI is InChI=1S/C16H28N2O3/c1-5-12-9-18(15(19)10(2)3)7-6-13(12)17-14-8-11(4)21-16(14)20/h10-14,17H,5-9H2,1-4H3. The van der Waals surface area contributed by atoms with Crippen molar-refractivity contribution < 1.29 is 14.3 Å².